The van der Waals surface area contributed by atoms with Crippen molar-refractivity contribution in [3.8, 4) is 5.75 Å². The summed E-state index contributed by atoms with van der Waals surface area (Å²) < 4.78 is 31.8. The van der Waals surface area contributed by atoms with Gasteiger partial charge in [-0.25, -0.2) is 13.1 Å². The van der Waals surface area contributed by atoms with Crippen molar-refractivity contribution in [1.29, 1.82) is 0 Å². The van der Waals surface area contributed by atoms with E-state index in [4.69, 9.17) is 4.42 Å². The largest absolute Gasteiger partial charge is 0.502 e. The zero-order valence-corrected chi connectivity index (χ0v) is 11.7. The first-order valence-electron chi connectivity index (χ1n) is 5.84. The molecular formula is C12H12N2O6S. The summed E-state index contributed by atoms with van der Waals surface area (Å²) in [6, 6.07) is 5.42. The van der Waals surface area contributed by atoms with Crippen molar-refractivity contribution in [1.82, 2.24) is 4.72 Å². The lowest BCUT2D eigenvalue weighted by Crippen LogP contribution is -2.26. The van der Waals surface area contributed by atoms with Gasteiger partial charge in [0.2, 0.25) is 10.0 Å². The molecule has 0 radical (unpaired) electrons. The number of benzene rings is 1. The number of hydrogen-bond acceptors (Lipinski definition) is 6. The van der Waals surface area contributed by atoms with Crippen LogP contribution in [0.4, 0.5) is 5.69 Å². The van der Waals surface area contributed by atoms with E-state index in [9.17, 15) is 23.6 Å². The molecular weight excluding hydrogens is 300 g/mol. The first-order chi connectivity index (χ1) is 9.81. The summed E-state index contributed by atoms with van der Waals surface area (Å²) >= 11 is 0. The Morgan fingerprint density at radius 3 is 2.67 bits per heavy atom. The number of hydrogen-bond donors (Lipinski definition) is 2. The number of phenolic OH excluding ortho intramolecular Hbond substituents is 1. The van der Waals surface area contributed by atoms with Gasteiger partial charge >= 0.3 is 5.69 Å². The Morgan fingerprint density at radius 1 is 1.38 bits per heavy atom. The van der Waals surface area contributed by atoms with E-state index in [1.165, 1.54) is 6.26 Å². The number of nitro groups is 1. The van der Waals surface area contributed by atoms with Crippen molar-refractivity contribution in [2.45, 2.75) is 17.9 Å². The van der Waals surface area contributed by atoms with Gasteiger partial charge in [0.15, 0.2) is 5.75 Å². The minimum absolute atomic E-state index is 0.314. The summed E-state index contributed by atoms with van der Waals surface area (Å²) in [6.45, 7) is 1.57. The van der Waals surface area contributed by atoms with E-state index in [1.807, 2.05) is 0 Å². The second-order valence-electron chi connectivity index (χ2n) is 4.27. The minimum Gasteiger partial charge on any atom is -0.502 e. The quantitative estimate of drug-likeness (QED) is 0.642. The molecule has 2 N–H and O–H groups in total. The average molecular weight is 312 g/mol. The Bertz CT molecular complexity index is 754. The van der Waals surface area contributed by atoms with Crippen LogP contribution in [0, 0.1) is 10.1 Å². The summed E-state index contributed by atoms with van der Waals surface area (Å²) in [6.07, 6.45) is 1.41. The van der Waals surface area contributed by atoms with Gasteiger partial charge in [0, 0.05) is 6.07 Å². The van der Waals surface area contributed by atoms with Gasteiger partial charge in [-0.3, -0.25) is 10.1 Å². The zero-order chi connectivity index (χ0) is 15.6. The predicted molar refractivity (Wildman–Crippen MR) is 72.2 cm³/mol. The van der Waals surface area contributed by atoms with Crippen LogP contribution in [-0.2, 0) is 10.0 Å². The normalized spacial score (nSPS) is 13.0. The van der Waals surface area contributed by atoms with Crippen molar-refractivity contribution in [2.24, 2.45) is 0 Å². The van der Waals surface area contributed by atoms with Gasteiger partial charge in [0.05, 0.1) is 22.1 Å². The topological polar surface area (TPSA) is 123 Å². The maximum absolute atomic E-state index is 12.2. The lowest BCUT2D eigenvalue weighted by molar-refractivity contribution is -0.386. The highest BCUT2D eigenvalue weighted by Gasteiger charge is 2.23. The molecule has 2 rings (SSSR count). The van der Waals surface area contributed by atoms with Crippen LogP contribution in [0.1, 0.15) is 18.7 Å². The number of phenols is 1. The highest BCUT2D eigenvalue weighted by molar-refractivity contribution is 7.89. The van der Waals surface area contributed by atoms with E-state index in [0.717, 1.165) is 18.2 Å². The Labute approximate surface area is 120 Å². The molecule has 112 valence electrons. The molecule has 0 fully saturated rings. The molecule has 1 atom stereocenters. The van der Waals surface area contributed by atoms with Crippen molar-refractivity contribution in [3.05, 3.63) is 52.5 Å². The van der Waals surface area contributed by atoms with E-state index in [-0.39, 0.29) is 4.90 Å². The molecule has 1 aromatic heterocycles. The maximum Gasteiger partial charge on any atom is 0.312 e. The van der Waals surface area contributed by atoms with Gasteiger partial charge in [0.1, 0.15) is 5.76 Å². The zero-order valence-electron chi connectivity index (χ0n) is 10.9. The summed E-state index contributed by atoms with van der Waals surface area (Å²) in [7, 11) is -3.98. The van der Waals surface area contributed by atoms with Crippen LogP contribution in [0.15, 0.2) is 45.9 Å². The Kier molecular flexibility index (Phi) is 3.96. The molecule has 0 amide bonds. The van der Waals surface area contributed by atoms with Crippen LogP contribution in [0.25, 0.3) is 0 Å². The molecule has 0 spiro atoms. The number of sulfonamides is 1. The molecule has 21 heavy (non-hydrogen) atoms. The summed E-state index contributed by atoms with van der Waals surface area (Å²) in [4.78, 5) is 9.55. The summed E-state index contributed by atoms with van der Waals surface area (Å²) in [5.74, 6) is -0.190. The van der Waals surface area contributed by atoms with Crippen molar-refractivity contribution >= 4 is 15.7 Å². The number of rotatable bonds is 5. The average Bonchev–Trinajstić information content (AvgIpc) is 2.92. The van der Waals surface area contributed by atoms with Crippen LogP contribution in [0.5, 0.6) is 5.75 Å². The SMILES string of the molecule is CC(NS(=O)(=O)c1ccc(O)c([N+](=O)[O-])c1)c1ccco1. The Hall–Kier alpha value is -2.39. The number of aromatic hydroxyl groups is 1. The van der Waals surface area contributed by atoms with Gasteiger partial charge in [-0.2, -0.15) is 0 Å². The maximum atomic E-state index is 12.2. The third-order valence-corrected chi connectivity index (χ3v) is 4.29. The number of nitrogens with zero attached hydrogens (tertiary/aromatic N) is 1. The fourth-order valence-electron chi connectivity index (χ4n) is 1.71. The van der Waals surface area contributed by atoms with E-state index >= 15 is 0 Å². The van der Waals surface area contributed by atoms with E-state index in [1.54, 1.807) is 19.1 Å². The molecule has 1 unspecified atom stereocenters. The van der Waals surface area contributed by atoms with Crippen LogP contribution in [-0.4, -0.2) is 18.4 Å². The van der Waals surface area contributed by atoms with Crippen molar-refractivity contribution in [3.63, 3.8) is 0 Å². The molecule has 0 aliphatic rings. The van der Waals surface area contributed by atoms with E-state index in [2.05, 4.69) is 4.72 Å². The van der Waals surface area contributed by atoms with E-state index in [0.29, 0.717) is 5.76 Å². The van der Waals surface area contributed by atoms with Crippen LogP contribution < -0.4 is 4.72 Å². The van der Waals surface area contributed by atoms with Crippen LogP contribution in [0.2, 0.25) is 0 Å². The highest BCUT2D eigenvalue weighted by atomic mass is 32.2. The van der Waals surface area contributed by atoms with Gasteiger partial charge in [-0.15, -0.1) is 0 Å². The molecule has 2 aromatic rings. The monoisotopic (exact) mass is 312 g/mol. The molecule has 9 heteroatoms. The fraction of sp³-hybridized carbons (Fsp3) is 0.167. The highest BCUT2D eigenvalue weighted by Crippen LogP contribution is 2.28. The molecule has 0 aliphatic carbocycles. The molecule has 0 saturated carbocycles. The first-order valence-corrected chi connectivity index (χ1v) is 7.33. The Morgan fingerprint density at radius 2 is 2.10 bits per heavy atom. The molecule has 0 aliphatic heterocycles. The number of nitro benzene ring substituents is 1. The number of nitrogens with one attached hydrogen (secondary N) is 1. The molecule has 0 saturated heterocycles. The van der Waals surface area contributed by atoms with Gasteiger partial charge < -0.3 is 9.52 Å². The van der Waals surface area contributed by atoms with Gasteiger partial charge in [0.25, 0.3) is 0 Å². The van der Waals surface area contributed by atoms with E-state index < -0.39 is 32.4 Å². The lowest BCUT2D eigenvalue weighted by atomic mass is 10.3. The van der Waals surface area contributed by atoms with Crippen LogP contribution in [0.3, 0.4) is 0 Å². The smallest absolute Gasteiger partial charge is 0.312 e. The first kappa shape index (κ1) is 15.0. The van der Waals surface area contributed by atoms with Crippen molar-refractivity contribution < 1.29 is 22.9 Å². The second-order valence-corrected chi connectivity index (χ2v) is 5.98. The Balaban J connectivity index is 2.32. The minimum atomic E-state index is -3.98. The molecule has 1 aromatic carbocycles. The van der Waals surface area contributed by atoms with Gasteiger partial charge in [-0.05, 0) is 31.2 Å². The third-order valence-electron chi connectivity index (χ3n) is 2.76. The van der Waals surface area contributed by atoms with Gasteiger partial charge in [-0.1, -0.05) is 0 Å². The predicted octanol–water partition coefficient (Wildman–Crippen LogP) is 1.93. The molecule has 8 nitrogen and oxygen atoms in total. The van der Waals surface area contributed by atoms with Crippen LogP contribution >= 0.6 is 0 Å². The van der Waals surface area contributed by atoms with Crippen molar-refractivity contribution in [2.75, 3.05) is 0 Å². The second kappa shape index (κ2) is 5.54. The molecule has 0 bridgehead atoms. The third kappa shape index (κ3) is 3.20. The number of furan rings is 1. The standard InChI is InChI=1S/C12H12N2O6S/c1-8(12-3-2-6-20-12)13-21(18,19)9-4-5-11(15)10(7-9)14(16)17/h2-8,13,15H,1H3. The lowest BCUT2D eigenvalue weighted by Gasteiger charge is -2.12. The summed E-state index contributed by atoms with van der Waals surface area (Å²) in [5.41, 5.74) is -0.677. The molecule has 1 heterocycles. The summed E-state index contributed by atoms with van der Waals surface area (Å²) in [5, 5.41) is 20.1. The fourth-order valence-corrected chi connectivity index (χ4v) is 2.94.